The molecule has 0 aliphatic heterocycles. The van der Waals surface area contributed by atoms with Gasteiger partial charge in [-0.15, -0.1) is 16.5 Å². The minimum absolute atomic E-state index is 0.0368. The average Bonchev–Trinajstić information content (AvgIpc) is 2.99. The van der Waals surface area contributed by atoms with Gasteiger partial charge in [0.25, 0.3) is 0 Å². The summed E-state index contributed by atoms with van der Waals surface area (Å²) in [5.74, 6) is -0.470. The van der Waals surface area contributed by atoms with Crippen LogP contribution >= 0.6 is 11.3 Å². The number of hydrogen-bond donors (Lipinski definition) is 1. The van der Waals surface area contributed by atoms with E-state index in [0.717, 1.165) is 20.8 Å². The molecule has 3 aromatic rings. The first-order chi connectivity index (χ1) is 11.5. The van der Waals surface area contributed by atoms with Gasteiger partial charge in [0, 0.05) is 12.5 Å². The normalized spacial score (nSPS) is 12.6. The minimum Gasteiger partial charge on any atom is -0.510 e. The number of fused-ring (bicyclic) bond motifs is 1. The molecular formula is C18H15N3O2S. The molecule has 3 rings (SSSR count). The van der Waals surface area contributed by atoms with Gasteiger partial charge in [0.2, 0.25) is 0 Å². The summed E-state index contributed by atoms with van der Waals surface area (Å²) in [4.78, 5) is 16.0. The van der Waals surface area contributed by atoms with Crippen molar-refractivity contribution in [1.82, 2.24) is 4.98 Å². The third kappa shape index (κ3) is 3.38. The molecule has 0 saturated heterocycles. The van der Waals surface area contributed by atoms with Crippen LogP contribution in [0, 0.1) is 0 Å². The van der Waals surface area contributed by atoms with E-state index in [9.17, 15) is 9.90 Å². The Balaban J connectivity index is 1.85. The number of Topliss-reactive ketones (excluding diaryl/α,β-unsaturated/α-hetero) is 1. The van der Waals surface area contributed by atoms with Crippen molar-refractivity contribution < 1.29 is 9.90 Å². The van der Waals surface area contributed by atoms with Crippen molar-refractivity contribution in [3.8, 4) is 10.6 Å². The molecule has 6 heteroatoms. The maximum Gasteiger partial charge on any atom is 0.183 e. The summed E-state index contributed by atoms with van der Waals surface area (Å²) in [5.41, 5.74) is 2.54. The van der Waals surface area contributed by atoms with Crippen molar-refractivity contribution in [1.29, 1.82) is 0 Å². The highest BCUT2D eigenvalue weighted by Gasteiger charge is 2.08. The van der Waals surface area contributed by atoms with Gasteiger partial charge in [-0.1, -0.05) is 12.1 Å². The first-order valence-electron chi connectivity index (χ1n) is 7.33. The zero-order valence-corrected chi connectivity index (χ0v) is 14.0. The Kier molecular flexibility index (Phi) is 4.48. The molecule has 2 aromatic carbocycles. The summed E-state index contributed by atoms with van der Waals surface area (Å²) in [7, 11) is 0. The molecule has 1 aromatic heterocycles. The number of aliphatic hydroxyl groups excluding tert-OH is 1. The molecule has 120 valence electrons. The molecule has 5 nitrogen and oxygen atoms in total. The number of para-hydroxylation sites is 1. The summed E-state index contributed by atoms with van der Waals surface area (Å²) in [6.07, 6.45) is 0. The molecular weight excluding hydrogens is 322 g/mol. The first kappa shape index (κ1) is 16.0. The van der Waals surface area contributed by atoms with Crippen LogP contribution in [0.1, 0.15) is 13.8 Å². The van der Waals surface area contributed by atoms with Gasteiger partial charge in [-0.2, -0.15) is 5.11 Å². The quantitative estimate of drug-likeness (QED) is 0.392. The predicted octanol–water partition coefficient (Wildman–Crippen LogP) is 5.43. The summed E-state index contributed by atoms with van der Waals surface area (Å²) in [5, 5.41) is 18.2. The number of carbonyl (C=O) groups excluding carboxylic acids is 1. The highest BCUT2D eigenvalue weighted by atomic mass is 32.1. The Morgan fingerprint density at radius 2 is 1.79 bits per heavy atom. The summed E-state index contributed by atoms with van der Waals surface area (Å²) < 4.78 is 1.14. The molecule has 0 bridgehead atoms. The number of azo groups is 1. The lowest BCUT2D eigenvalue weighted by molar-refractivity contribution is -0.113. The van der Waals surface area contributed by atoms with Gasteiger partial charge in [0.1, 0.15) is 10.8 Å². The van der Waals surface area contributed by atoms with E-state index in [1.807, 2.05) is 36.4 Å². The fourth-order valence-corrected chi connectivity index (χ4v) is 3.14. The maximum absolute atomic E-state index is 11.4. The standard InChI is InChI=1S/C18H15N3O2S/c1-11(22)17(12(2)23)21-20-14-9-7-13(8-10-14)18-19-15-5-3-4-6-16(15)24-18/h3-10,22H,1-2H3/b17-11-,21-20?. The summed E-state index contributed by atoms with van der Waals surface area (Å²) in [6.45, 7) is 2.75. The van der Waals surface area contributed by atoms with E-state index in [4.69, 9.17) is 0 Å². The number of thiazole rings is 1. The van der Waals surface area contributed by atoms with E-state index in [0.29, 0.717) is 5.69 Å². The van der Waals surface area contributed by atoms with Crippen LogP contribution in [0.2, 0.25) is 0 Å². The van der Waals surface area contributed by atoms with Crippen molar-refractivity contribution in [3.05, 3.63) is 60.0 Å². The van der Waals surface area contributed by atoms with Crippen LogP contribution < -0.4 is 0 Å². The Morgan fingerprint density at radius 1 is 1.08 bits per heavy atom. The van der Waals surface area contributed by atoms with Crippen molar-refractivity contribution in [2.24, 2.45) is 10.2 Å². The highest BCUT2D eigenvalue weighted by Crippen LogP contribution is 2.31. The summed E-state index contributed by atoms with van der Waals surface area (Å²) >= 11 is 1.63. The molecule has 0 radical (unpaired) electrons. The van der Waals surface area contributed by atoms with E-state index in [1.54, 1.807) is 23.5 Å². The minimum atomic E-state index is -0.329. The van der Waals surface area contributed by atoms with Crippen LogP contribution in [0.5, 0.6) is 0 Å². The van der Waals surface area contributed by atoms with Gasteiger partial charge in [-0.05, 0) is 43.3 Å². The second kappa shape index (κ2) is 6.72. The van der Waals surface area contributed by atoms with Gasteiger partial charge >= 0.3 is 0 Å². The fraction of sp³-hybridized carbons (Fsp3) is 0.111. The smallest absolute Gasteiger partial charge is 0.183 e. The van der Waals surface area contributed by atoms with Crippen LogP contribution in [0.4, 0.5) is 5.69 Å². The SMILES string of the molecule is CC(=O)/C(N=Nc1ccc(-c2nc3ccccc3s2)cc1)=C(\C)O. The molecule has 0 saturated carbocycles. The number of aromatic nitrogens is 1. The van der Waals surface area contributed by atoms with Gasteiger partial charge < -0.3 is 5.11 Å². The Hall–Kier alpha value is -2.86. The zero-order valence-electron chi connectivity index (χ0n) is 13.2. The second-order valence-corrected chi connectivity index (χ2v) is 6.25. The molecule has 1 heterocycles. The van der Waals surface area contributed by atoms with Crippen molar-refractivity contribution in [3.63, 3.8) is 0 Å². The van der Waals surface area contributed by atoms with Gasteiger partial charge in [0.05, 0.1) is 15.9 Å². The van der Waals surface area contributed by atoms with E-state index >= 15 is 0 Å². The average molecular weight is 337 g/mol. The fourth-order valence-electron chi connectivity index (χ4n) is 2.17. The molecule has 0 aliphatic rings. The third-order valence-electron chi connectivity index (χ3n) is 3.35. The number of benzene rings is 2. The topological polar surface area (TPSA) is 74.9 Å². The lowest BCUT2D eigenvalue weighted by Gasteiger charge is -1.98. The van der Waals surface area contributed by atoms with Crippen LogP contribution in [-0.2, 0) is 4.79 Å². The van der Waals surface area contributed by atoms with E-state index in [2.05, 4.69) is 15.2 Å². The molecule has 0 fully saturated rings. The second-order valence-electron chi connectivity index (χ2n) is 5.22. The molecule has 0 spiro atoms. The number of allylic oxidation sites excluding steroid dienone is 2. The molecule has 24 heavy (non-hydrogen) atoms. The van der Waals surface area contributed by atoms with Crippen molar-refractivity contribution in [2.45, 2.75) is 13.8 Å². The molecule has 1 N–H and O–H groups in total. The Morgan fingerprint density at radius 3 is 2.42 bits per heavy atom. The Bertz CT molecular complexity index is 919. The van der Waals surface area contributed by atoms with Crippen LogP contribution in [0.3, 0.4) is 0 Å². The maximum atomic E-state index is 11.4. The van der Waals surface area contributed by atoms with E-state index in [1.165, 1.54) is 13.8 Å². The zero-order chi connectivity index (χ0) is 17.1. The molecule has 0 amide bonds. The lowest BCUT2D eigenvalue weighted by Crippen LogP contribution is -1.96. The van der Waals surface area contributed by atoms with Crippen LogP contribution in [-0.4, -0.2) is 15.9 Å². The largest absolute Gasteiger partial charge is 0.510 e. The first-order valence-corrected chi connectivity index (χ1v) is 8.15. The third-order valence-corrected chi connectivity index (χ3v) is 4.44. The van der Waals surface area contributed by atoms with Gasteiger partial charge in [-0.25, -0.2) is 4.98 Å². The number of ketones is 1. The summed E-state index contributed by atoms with van der Waals surface area (Å²) in [6, 6.07) is 15.4. The molecule has 0 atom stereocenters. The lowest BCUT2D eigenvalue weighted by atomic mass is 10.2. The number of rotatable bonds is 4. The number of nitrogens with zero attached hydrogens (tertiary/aromatic N) is 3. The van der Waals surface area contributed by atoms with E-state index < -0.39 is 0 Å². The van der Waals surface area contributed by atoms with Gasteiger partial charge in [0.15, 0.2) is 11.5 Å². The number of carbonyl (C=O) groups is 1. The number of hydrogen-bond acceptors (Lipinski definition) is 6. The van der Waals surface area contributed by atoms with Crippen molar-refractivity contribution in [2.75, 3.05) is 0 Å². The highest BCUT2D eigenvalue weighted by molar-refractivity contribution is 7.21. The van der Waals surface area contributed by atoms with E-state index in [-0.39, 0.29) is 17.2 Å². The number of aliphatic hydroxyl groups is 1. The van der Waals surface area contributed by atoms with Crippen LogP contribution in [0.15, 0.2) is 70.2 Å². The molecule has 0 unspecified atom stereocenters. The monoisotopic (exact) mass is 337 g/mol. The Labute approximate surface area is 143 Å². The van der Waals surface area contributed by atoms with Crippen molar-refractivity contribution >= 4 is 33.0 Å². The predicted molar refractivity (Wildman–Crippen MR) is 95.6 cm³/mol. The molecule has 0 aliphatic carbocycles. The van der Waals surface area contributed by atoms with Crippen LogP contribution in [0.25, 0.3) is 20.8 Å². The van der Waals surface area contributed by atoms with Gasteiger partial charge in [-0.3, -0.25) is 4.79 Å².